The number of benzene rings is 1. The molecule has 14 heavy (non-hydrogen) atoms. The SMILES string of the molecule is Cc1ccc(Cl)c2[nH]cc(Br)c(=O)c12. The molecule has 0 bridgehead atoms. The molecule has 2 nitrogen and oxygen atoms in total. The van der Waals surface area contributed by atoms with E-state index >= 15 is 0 Å². The number of aryl methyl sites for hydroxylation is 1. The number of aromatic amines is 1. The molecule has 0 saturated heterocycles. The maximum atomic E-state index is 11.8. The lowest BCUT2D eigenvalue weighted by Gasteiger charge is -2.03. The van der Waals surface area contributed by atoms with Crippen molar-refractivity contribution in [3.63, 3.8) is 0 Å². The maximum Gasteiger partial charge on any atom is 0.203 e. The fraction of sp³-hybridized carbons (Fsp3) is 0.100. The van der Waals surface area contributed by atoms with Crippen LogP contribution in [0.5, 0.6) is 0 Å². The van der Waals surface area contributed by atoms with Crippen molar-refractivity contribution in [3.8, 4) is 0 Å². The number of halogens is 2. The molecule has 72 valence electrons. The van der Waals surface area contributed by atoms with Gasteiger partial charge in [0.05, 0.1) is 20.4 Å². The Balaban J connectivity index is 3.09. The Bertz CT molecular complexity index is 562. The summed E-state index contributed by atoms with van der Waals surface area (Å²) in [4.78, 5) is 14.8. The minimum atomic E-state index is -0.0289. The Morgan fingerprint density at radius 2 is 2.14 bits per heavy atom. The summed E-state index contributed by atoms with van der Waals surface area (Å²) in [5.74, 6) is 0. The van der Waals surface area contributed by atoms with Crippen LogP contribution >= 0.6 is 27.5 Å². The van der Waals surface area contributed by atoms with E-state index in [-0.39, 0.29) is 5.43 Å². The normalized spacial score (nSPS) is 10.8. The molecule has 0 fully saturated rings. The largest absolute Gasteiger partial charge is 0.359 e. The summed E-state index contributed by atoms with van der Waals surface area (Å²) in [6.45, 7) is 1.89. The van der Waals surface area contributed by atoms with Crippen molar-refractivity contribution in [2.45, 2.75) is 6.92 Å². The van der Waals surface area contributed by atoms with Gasteiger partial charge in [0, 0.05) is 6.20 Å². The first-order valence-electron chi connectivity index (χ1n) is 4.07. The second kappa shape index (κ2) is 3.41. The minimum Gasteiger partial charge on any atom is -0.359 e. The second-order valence-electron chi connectivity index (χ2n) is 3.08. The van der Waals surface area contributed by atoms with Crippen LogP contribution in [0, 0.1) is 6.92 Å². The van der Waals surface area contributed by atoms with Crippen molar-refractivity contribution in [1.82, 2.24) is 4.98 Å². The molecule has 0 spiro atoms. The number of aromatic nitrogens is 1. The molecule has 0 aliphatic rings. The minimum absolute atomic E-state index is 0.0289. The van der Waals surface area contributed by atoms with Crippen LogP contribution in [0.4, 0.5) is 0 Å². The van der Waals surface area contributed by atoms with Crippen LogP contribution in [-0.4, -0.2) is 4.98 Å². The van der Waals surface area contributed by atoms with Gasteiger partial charge in [-0.1, -0.05) is 17.7 Å². The average Bonchev–Trinajstić information content (AvgIpc) is 2.16. The van der Waals surface area contributed by atoms with Gasteiger partial charge in [0.1, 0.15) is 0 Å². The number of H-pyrrole nitrogens is 1. The van der Waals surface area contributed by atoms with Crippen LogP contribution in [0.1, 0.15) is 5.56 Å². The molecule has 0 atom stereocenters. The van der Waals surface area contributed by atoms with Crippen LogP contribution in [0.2, 0.25) is 5.02 Å². The molecular formula is C10H7BrClNO. The molecular weight excluding hydrogens is 265 g/mol. The van der Waals surface area contributed by atoms with E-state index in [0.717, 1.165) is 5.56 Å². The lowest BCUT2D eigenvalue weighted by Crippen LogP contribution is -2.05. The number of nitrogens with one attached hydrogen (secondary N) is 1. The molecule has 0 saturated carbocycles. The molecule has 4 heteroatoms. The van der Waals surface area contributed by atoms with E-state index in [1.54, 1.807) is 12.3 Å². The van der Waals surface area contributed by atoms with Crippen LogP contribution in [0.3, 0.4) is 0 Å². The first kappa shape index (κ1) is 9.74. The zero-order chi connectivity index (χ0) is 10.3. The van der Waals surface area contributed by atoms with E-state index in [0.29, 0.717) is 20.4 Å². The molecule has 2 aromatic rings. The molecule has 0 amide bonds. The standard InChI is InChI=1S/C10H7BrClNO/c1-5-2-3-7(12)9-8(5)10(14)6(11)4-13-9/h2-4H,1H3,(H,13,14). The average molecular weight is 273 g/mol. The predicted octanol–water partition coefficient (Wildman–Crippen LogP) is 3.25. The Morgan fingerprint density at radius 3 is 2.86 bits per heavy atom. The highest BCUT2D eigenvalue weighted by Crippen LogP contribution is 2.22. The summed E-state index contributed by atoms with van der Waals surface area (Å²) in [6.07, 6.45) is 1.61. The third kappa shape index (κ3) is 1.37. The van der Waals surface area contributed by atoms with E-state index in [1.165, 1.54) is 0 Å². The molecule has 1 aromatic heterocycles. The summed E-state index contributed by atoms with van der Waals surface area (Å²) >= 11 is 9.16. The summed E-state index contributed by atoms with van der Waals surface area (Å²) < 4.78 is 0.523. The lowest BCUT2D eigenvalue weighted by molar-refractivity contribution is 1.34. The van der Waals surface area contributed by atoms with E-state index in [1.807, 2.05) is 13.0 Å². The van der Waals surface area contributed by atoms with Gasteiger partial charge in [0.15, 0.2) is 0 Å². The van der Waals surface area contributed by atoms with E-state index in [2.05, 4.69) is 20.9 Å². The first-order chi connectivity index (χ1) is 6.61. The predicted molar refractivity (Wildman–Crippen MR) is 62.0 cm³/mol. The smallest absolute Gasteiger partial charge is 0.203 e. The highest BCUT2D eigenvalue weighted by Gasteiger charge is 2.07. The van der Waals surface area contributed by atoms with Gasteiger partial charge in [-0.05, 0) is 34.5 Å². The van der Waals surface area contributed by atoms with E-state index in [4.69, 9.17) is 11.6 Å². The summed E-state index contributed by atoms with van der Waals surface area (Å²) in [5.41, 5.74) is 1.59. The van der Waals surface area contributed by atoms with Crippen molar-refractivity contribution in [2.75, 3.05) is 0 Å². The van der Waals surface area contributed by atoms with Gasteiger partial charge in [-0.15, -0.1) is 0 Å². The molecule has 0 radical (unpaired) electrons. The second-order valence-corrected chi connectivity index (χ2v) is 4.34. The van der Waals surface area contributed by atoms with Crippen LogP contribution in [0.25, 0.3) is 10.9 Å². The zero-order valence-electron chi connectivity index (χ0n) is 7.40. The summed E-state index contributed by atoms with van der Waals surface area (Å²) in [6, 6.07) is 3.62. The number of rotatable bonds is 0. The number of fused-ring (bicyclic) bond motifs is 1. The van der Waals surface area contributed by atoms with Gasteiger partial charge in [-0.2, -0.15) is 0 Å². The highest BCUT2D eigenvalue weighted by atomic mass is 79.9. The van der Waals surface area contributed by atoms with E-state index < -0.39 is 0 Å². The molecule has 1 heterocycles. The van der Waals surface area contributed by atoms with Crippen LogP contribution < -0.4 is 5.43 Å². The Morgan fingerprint density at radius 1 is 1.43 bits per heavy atom. The van der Waals surface area contributed by atoms with Crippen LogP contribution in [-0.2, 0) is 0 Å². The van der Waals surface area contributed by atoms with E-state index in [9.17, 15) is 4.79 Å². The quantitative estimate of drug-likeness (QED) is 0.784. The molecule has 2 rings (SSSR count). The molecule has 0 unspecified atom stereocenters. The first-order valence-corrected chi connectivity index (χ1v) is 5.24. The zero-order valence-corrected chi connectivity index (χ0v) is 9.74. The van der Waals surface area contributed by atoms with Crippen molar-refractivity contribution >= 4 is 38.4 Å². The highest BCUT2D eigenvalue weighted by molar-refractivity contribution is 9.10. The lowest BCUT2D eigenvalue weighted by atomic mass is 10.1. The van der Waals surface area contributed by atoms with Crippen molar-refractivity contribution < 1.29 is 0 Å². The number of pyridine rings is 1. The van der Waals surface area contributed by atoms with Gasteiger partial charge in [0.25, 0.3) is 0 Å². The maximum absolute atomic E-state index is 11.8. The molecule has 1 aromatic carbocycles. The number of hydrogen-bond acceptors (Lipinski definition) is 1. The van der Waals surface area contributed by atoms with Gasteiger partial charge >= 0.3 is 0 Å². The molecule has 0 aliphatic carbocycles. The third-order valence-corrected chi connectivity index (χ3v) is 3.05. The molecule has 0 aliphatic heterocycles. The summed E-state index contributed by atoms with van der Waals surface area (Å²) in [7, 11) is 0. The summed E-state index contributed by atoms with van der Waals surface area (Å²) in [5, 5.41) is 1.21. The van der Waals surface area contributed by atoms with Crippen molar-refractivity contribution in [2.24, 2.45) is 0 Å². The van der Waals surface area contributed by atoms with Gasteiger partial charge in [-0.25, -0.2) is 0 Å². The Hall–Kier alpha value is -0.800. The van der Waals surface area contributed by atoms with Crippen molar-refractivity contribution in [3.05, 3.63) is 43.6 Å². The van der Waals surface area contributed by atoms with Crippen LogP contribution in [0.15, 0.2) is 27.6 Å². The van der Waals surface area contributed by atoms with Gasteiger partial charge < -0.3 is 4.98 Å². The fourth-order valence-corrected chi connectivity index (χ4v) is 1.96. The van der Waals surface area contributed by atoms with Gasteiger partial charge in [0.2, 0.25) is 5.43 Å². The fourth-order valence-electron chi connectivity index (χ4n) is 1.44. The van der Waals surface area contributed by atoms with Gasteiger partial charge in [-0.3, -0.25) is 4.79 Å². The Kier molecular flexibility index (Phi) is 2.37. The van der Waals surface area contributed by atoms with Crippen molar-refractivity contribution in [1.29, 1.82) is 0 Å². The Labute approximate surface area is 94.0 Å². The number of hydrogen-bond donors (Lipinski definition) is 1. The monoisotopic (exact) mass is 271 g/mol. The molecule has 1 N–H and O–H groups in total. The topological polar surface area (TPSA) is 32.9 Å². The third-order valence-electron chi connectivity index (χ3n) is 2.15.